The third-order valence-corrected chi connectivity index (χ3v) is 5.58. The molecule has 0 saturated heterocycles. The summed E-state index contributed by atoms with van der Waals surface area (Å²) >= 11 is 0. The monoisotopic (exact) mass is 517 g/mol. The molecular formula is C27H51NO8. The van der Waals surface area contributed by atoms with Crippen LogP contribution in [0.5, 0.6) is 0 Å². The van der Waals surface area contributed by atoms with Crippen LogP contribution in [0.1, 0.15) is 136 Å². The van der Waals surface area contributed by atoms with Crippen LogP contribution >= 0.6 is 0 Å². The number of rotatable bonds is 22. The molecule has 0 aliphatic carbocycles. The summed E-state index contributed by atoms with van der Waals surface area (Å²) < 4.78 is 0. The van der Waals surface area contributed by atoms with Gasteiger partial charge in [-0.05, 0) is 40.0 Å². The predicted molar refractivity (Wildman–Crippen MR) is 140 cm³/mol. The van der Waals surface area contributed by atoms with E-state index in [-0.39, 0.29) is 18.4 Å². The van der Waals surface area contributed by atoms with E-state index < -0.39 is 29.9 Å². The molecule has 1 unspecified atom stereocenters. The molecule has 0 fully saturated rings. The summed E-state index contributed by atoms with van der Waals surface area (Å²) in [5, 5.41) is 37.1. The average molecular weight is 518 g/mol. The lowest BCUT2D eigenvalue weighted by Gasteiger charge is -2.25. The van der Waals surface area contributed by atoms with Gasteiger partial charge < -0.3 is 20.4 Å². The van der Waals surface area contributed by atoms with Gasteiger partial charge in [0, 0.05) is 24.8 Å². The van der Waals surface area contributed by atoms with Crippen LogP contribution in [0.3, 0.4) is 0 Å². The van der Waals surface area contributed by atoms with Crippen LogP contribution in [0.2, 0.25) is 0 Å². The smallest absolute Gasteiger partial charge is 0.320 e. The predicted octanol–water partition coefficient (Wildman–Crippen LogP) is 6.09. The normalized spacial score (nSPS) is 11.9. The van der Waals surface area contributed by atoms with Gasteiger partial charge in [0.15, 0.2) is 0 Å². The van der Waals surface area contributed by atoms with Crippen LogP contribution in [-0.2, 0) is 19.2 Å². The summed E-state index contributed by atoms with van der Waals surface area (Å²) in [6.07, 6.45) is 16.9. The van der Waals surface area contributed by atoms with Crippen LogP contribution in [0.15, 0.2) is 0 Å². The quantitative estimate of drug-likeness (QED) is 0.107. The van der Waals surface area contributed by atoms with Crippen molar-refractivity contribution >= 4 is 23.9 Å². The number of carbonyl (C=O) groups is 4. The minimum absolute atomic E-state index is 0.0991. The lowest BCUT2D eigenvalue weighted by molar-refractivity contribution is -0.141. The van der Waals surface area contributed by atoms with Gasteiger partial charge in [0.25, 0.3) is 0 Å². The van der Waals surface area contributed by atoms with Crippen LogP contribution in [-0.4, -0.2) is 55.9 Å². The van der Waals surface area contributed by atoms with E-state index in [1.54, 1.807) is 0 Å². The standard InChI is InChI=1S/C18H34O4.C9H17NO4/c19-17(20)15-13-11-9-7-5-3-1-2-4-6-8-10-12-14-16-18(21)22;1-9(2,3)10-6(8(13)14)4-5-7(11)12/h1-16H2,(H,19,20)(H,21,22);6,10H,4-5H2,1-3H3,(H,11,12)(H,13,14). The van der Waals surface area contributed by atoms with Gasteiger partial charge in [-0.1, -0.05) is 77.0 Å². The highest BCUT2D eigenvalue weighted by Gasteiger charge is 2.23. The fourth-order valence-corrected chi connectivity index (χ4v) is 3.72. The van der Waals surface area contributed by atoms with Crippen LogP contribution in [0.4, 0.5) is 0 Å². The Labute approximate surface area is 217 Å². The highest BCUT2D eigenvalue weighted by Crippen LogP contribution is 2.13. The van der Waals surface area contributed by atoms with Crippen LogP contribution < -0.4 is 5.32 Å². The molecule has 9 nitrogen and oxygen atoms in total. The Morgan fingerprint density at radius 1 is 0.528 bits per heavy atom. The molecule has 0 spiro atoms. The zero-order chi connectivity index (χ0) is 27.8. The SMILES string of the molecule is CC(C)(C)NC(CCC(=O)O)C(=O)O.O=C(O)CCCCCCCCCCCCCCCCC(=O)O. The van der Waals surface area contributed by atoms with E-state index >= 15 is 0 Å². The first-order chi connectivity index (χ1) is 16.8. The summed E-state index contributed by atoms with van der Waals surface area (Å²) in [7, 11) is 0. The fourth-order valence-electron chi connectivity index (χ4n) is 3.72. The number of unbranched alkanes of at least 4 members (excludes halogenated alkanes) is 13. The Hall–Kier alpha value is -2.16. The van der Waals surface area contributed by atoms with E-state index in [9.17, 15) is 19.2 Å². The van der Waals surface area contributed by atoms with Crippen molar-refractivity contribution in [3.05, 3.63) is 0 Å². The van der Waals surface area contributed by atoms with Gasteiger partial charge in [0.2, 0.25) is 0 Å². The first-order valence-electron chi connectivity index (χ1n) is 13.5. The summed E-state index contributed by atoms with van der Waals surface area (Å²) in [6.45, 7) is 5.51. The van der Waals surface area contributed by atoms with Crippen molar-refractivity contribution in [2.75, 3.05) is 0 Å². The Balaban J connectivity index is 0. The molecule has 0 aliphatic rings. The Morgan fingerprint density at radius 3 is 1.03 bits per heavy atom. The lowest BCUT2D eigenvalue weighted by atomic mass is 10.0. The zero-order valence-electron chi connectivity index (χ0n) is 22.7. The first-order valence-corrected chi connectivity index (χ1v) is 13.5. The van der Waals surface area contributed by atoms with Crippen LogP contribution in [0.25, 0.3) is 0 Å². The highest BCUT2D eigenvalue weighted by atomic mass is 16.4. The van der Waals surface area contributed by atoms with Gasteiger partial charge in [-0.25, -0.2) is 0 Å². The Kier molecular flexibility index (Phi) is 23.3. The second-order valence-electron chi connectivity index (χ2n) is 10.5. The Morgan fingerprint density at radius 2 is 0.806 bits per heavy atom. The minimum atomic E-state index is -1.01. The van der Waals surface area contributed by atoms with Gasteiger partial charge in [0.1, 0.15) is 6.04 Å². The zero-order valence-corrected chi connectivity index (χ0v) is 22.7. The molecule has 0 aromatic rings. The van der Waals surface area contributed by atoms with E-state index in [4.69, 9.17) is 20.4 Å². The highest BCUT2D eigenvalue weighted by molar-refractivity contribution is 5.75. The molecule has 0 aliphatic heterocycles. The largest absolute Gasteiger partial charge is 0.481 e. The maximum Gasteiger partial charge on any atom is 0.320 e. The van der Waals surface area contributed by atoms with Crippen molar-refractivity contribution in [2.24, 2.45) is 0 Å². The number of hydrogen-bond donors (Lipinski definition) is 5. The molecular weight excluding hydrogens is 466 g/mol. The topological polar surface area (TPSA) is 161 Å². The third kappa shape index (κ3) is 31.8. The second kappa shape index (κ2) is 23.3. The molecule has 0 amide bonds. The molecule has 212 valence electrons. The molecule has 9 heteroatoms. The maximum absolute atomic E-state index is 10.7. The number of aliphatic carboxylic acids is 4. The van der Waals surface area contributed by atoms with Crippen molar-refractivity contribution in [1.29, 1.82) is 0 Å². The van der Waals surface area contributed by atoms with Gasteiger partial charge in [-0.15, -0.1) is 0 Å². The van der Waals surface area contributed by atoms with Gasteiger partial charge in [0.05, 0.1) is 0 Å². The molecule has 0 heterocycles. The number of carboxylic acids is 4. The average Bonchev–Trinajstić information content (AvgIpc) is 2.75. The molecule has 0 aromatic carbocycles. The molecule has 0 bridgehead atoms. The minimum Gasteiger partial charge on any atom is -0.481 e. The third-order valence-electron chi connectivity index (χ3n) is 5.58. The van der Waals surface area contributed by atoms with Crippen molar-refractivity contribution in [3.63, 3.8) is 0 Å². The van der Waals surface area contributed by atoms with E-state index in [1.165, 1.54) is 64.2 Å². The van der Waals surface area contributed by atoms with E-state index in [0.717, 1.165) is 25.7 Å². The molecule has 0 rings (SSSR count). The molecule has 1 atom stereocenters. The van der Waals surface area contributed by atoms with E-state index in [2.05, 4.69) is 5.32 Å². The summed E-state index contributed by atoms with van der Waals surface area (Å²) in [5.41, 5.74) is -0.332. The molecule has 36 heavy (non-hydrogen) atoms. The van der Waals surface area contributed by atoms with Crippen molar-refractivity contribution in [1.82, 2.24) is 5.32 Å². The maximum atomic E-state index is 10.7. The van der Waals surface area contributed by atoms with Gasteiger partial charge >= 0.3 is 23.9 Å². The van der Waals surface area contributed by atoms with Crippen molar-refractivity contribution in [2.45, 2.75) is 148 Å². The van der Waals surface area contributed by atoms with Gasteiger partial charge in [-0.3, -0.25) is 24.5 Å². The number of carboxylic acid groups (broad SMARTS) is 4. The summed E-state index contributed by atoms with van der Waals surface area (Å²) in [5.74, 6) is -3.35. The van der Waals surface area contributed by atoms with Crippen molar-refractivity contribution < 1.29 is 39.6 Å². The number of hydrogen-bond acceptors (Lipinski definition) is 5. The molecule has 5 N–H and O–H groups in total. The molecule has 0 radical (unpaired) electrons. The van der Waals surface area contributed by atoms with Crippen molar-refractivity contribution in [3.8, 4) is 0 Å². The number of nitrogens with one attached hydrogen (secondary N) is 1. The molecule has 0 saturated carbocycles. The second-order valence-corrected chi connectivity index (χ2v) is 10.5. The van der Waals surface area contributed by atoms with E-state index in [1.807, 2.05) is 20.8 Å². The van der Waals surface area contributed by atoms with E-state index in [0.29, 0.717) is 12.8 Å². The summed E-state index contributed by atoms with van der Waals surface area (Å²) in [6, 6.07) is -0.800. The fraction of sp³-hybridized carbons (Fsp3) is 0.852. The lowest BCUT2D eigenvalue weighted by Crippen LogP contribution is -2.47. The Bertz CT molecular complexity index is 573. The van der Waals surface area contributed by atoms with Gasteiger partial charge in [-0.2, -0.15) is 0 Å². The molecule has 0 aromatic heterocycles. The summed E-state index contributed by atoms with van der Waals surface area (Å²) in [4.78, 5) is 41.7. The van der Waals surface area contributed by atoms with Crippen LogP contribution in [0, 0.1) is 0 Å². The first kappa shape index (κ1) is 36.0.